The van der Waals surface area contributed by atoms with E-state index in [4.69, 9.17) is 28.7 Å². The van der Waals surface area contributed by atoms with Gasteiger partial charge in [0, 0.05) is 5.56 Å². The number of methoxy groups -OCH3 is 4. The number of halogens is 1. The van der Waals surface area contributed by atoms with Crippen molar-refractivity contribution >= 4 is 21.6 Å². The Morgan fingerprint density at radius 2 is 1.52 bits per heavy atom. The third-order valence-electron chi connectivity index (χ3n) is 4.84. The zero-order valence-electron chi connectivity index (χ0n) is 17.6. The molecule has 156 valence electrons. The smallest absolute Gasteiger partial charge is 0.179 e. The Labute approximate surface area is 179 Å². The maximum Gasteiger partial charge on any atom is 0.179 e. The van der Waals surface area contributed by atoms with Crippen LogP contribution in [0.5, 0.6) is 28.7 Å². The number of rotatable bonds is 7. The van der Waals surface area contributed by atoms with Crippen molar-refractivity contribution in [2.45, 2.75) is 26.3 Å². The summed E-state index contributed by atoms with van der Waals surface area (Å²) < 4.78 is 28.9. The lowest BCUT2D eigenvalue weighted by molar-refractivity contribution is 0.306. The van der Waals surface area contributed by atoms with Gasteiger partial charge in [0.2, 0.25) is 0 Å². The summed E-state index contributed by atoms with van der Waals surface area (Å²) >= 11 is 3.56. The summed E-state index contributed by atoms with van der Waals surface area (Å²) in [5.74, 6) is 3.20. The average molecular weight is 464 g/mol. The third kappa shape index (κ3) is 3.88. The van der Waals surface area contributed by atoms with Crippen LogP contribution in [0.2, 0.25) is 0 Å². The Morgan fingerprint density at radius 3 is 2.10 bits per heavy atom. The van der Waals surface area contributed by atoms with E-state index in [1.54, 1.807) is 28.4 Å². The van der Waals surface area contributed by atoms with Gasteiger partial charge in [-0.1, -0.05) is 0 Å². The molecule has 7 heteroatoms. The number of hydrogen-bond donors (Lipinski definition) is 0. The van der Waals surface area contributed by atoms with Crippen LogP contribution in [0, 0.1) is 0 Å². The van der Waals surface area contributed by atoms with Gasteiger partial charge >= 0.3 is 0 Å². The second-order valence-electron chi connectivity index (χ2n) is 6.63. The van der Waals surface area contributed by atoms with Crippen LogP contribution < -0.4 is 23.7 Å². The van der Waals surface area contributed by atoms with E-state index in [0.717, 1.165) is 28.8 Å². The van der Waals surface area contributed by atoms with Gasteiger partial charge in [0.05, 0.1) is 52.4 Å². The van der Waals surface area contributed by atoms with Gasteiger partial charge in [-0.15, -0.1) is 0 Å². The van der Waals surface area contributed by atoms with Crippen molar-refractivity contribution in [1.82, 2.24) is 0 Å². The first-order chi connectivity index (χ1) is 14.0. The highest BCUT2D eigenvalue weighted by molar-refractivity contribution is 9.10. The lowest BCUT2D eigenvalue weighted by atomic mass is 9.89. The zero-order chi connectivity index (χ0) is 21.1. The maximum absolute atomic E-state index is 6.00. The minimum absolute atomic E-state index is 0.103. The van der Waals surface area contributed by atoms with Crippen LogP contribution in [0.4, 0.5) is 0 Å². The second-order valence-corrected chi connectivity index (χ2v) is 7.42. The van der Waals surface area contributed by atoms with Gasteiger partial charge in [-0.3, -0.25) is 4.99 Å². The van der Waals surface area contributed by atoms with Crippen LogP contribution in [0.1, 0.15) is 30.5 Å². The first-order valence-corrected chi connectivity index (χ1v) is 10.2. The predicted octanol–water partition coefficient (Wildman–Crippen LogP) is 4.66. The van der Waals surface area contributed by atoms with Gasteiger partial charge < -0.3 is 23.7 Å². The summed E-state index contributed by atoms with van der Waals surface area (Å²) in [6.07, 6.45) is 0.813. The summed E-state index contributed by atoms with van der Waals surface area (Å²) in [7, 11) is 6.50. The largest absolute Gasteiger partial charge is 0.495 e. The Balaban J connectivity index is 2.31. The minimum Gasteiger partial charge on any atom is -0.495 e. The molecule has 0 fully saturated rings. The fraction of sp³-hybridized carbons (Fsp3) is 0.409. The molecule has 6 nitrogen and oxygen atoms in total. The zero-order valence-corrected chi connectivity index (χ0v) is 19.2. The number of fused-ring (bicyclic) bond motifs is 1. The van der Waals surface area contributed by atoms with E-state index in [2.05, 4.69) is 22.9 Å². The van der Waals surface area contributed by atoms with E-state index >= 15 is 0 Å². The van der Waals surface area contributed by atoms with Crippen molar-refractivity contribution in [2.75, 3.05) is 35.0 Å². The Bertz CT molecular complexity index is 942. The van der Waals surface area contributed by atoms with Crippen molar-refractivity contribution < 1.29 is 23.7 Å². The number of hydrogen-bond acceptors (Lipinski definition) is 6. The molecule has 3 rings (SSSR count). The highest BCUT2D eigenvalue weighted by atomic mass is 79.9. The average Bonchev–Trinajstić information content (AvgIpc) is 2.72. The molecule has 0 bridgehead atoms. The number of nitrogens with zero attached hydrogens (tertiary/aromatic N) is 1. The molecule has 0 spiro atoms. The first kappa shape index (κ1) is 21.3. The Kier molecular flexibility index (Phi) is 6.57. The monoisotopic (exact) mass is 463 g/mol. The highest BCUT2D eigenvalue weighted by Gasteiger charge is 2.28. The summed E-state index contributed by atoms with van der Waals surface area (Å²) in [6, 6.07) is 6.02. The van der Waals surface area contributed by atoms with Gasteiger partial charge in [-0.2, -0.15) is 0 Å². The second kappa shape index (κ2) is 8.95. The fourth-order valence-corrected chi connectivity index (χ4v) is 4.19. The van der Waals surface area contributed by atoms with Crippen LogP contribution >= 0.6 is 15.9 Å². The molecule has 0 N–H and O–H groups in total. The van der Waals surface area contributed by atoms with Crippen LogP contribution in [-0.4, -0.2) is 46.8 Å². The molecule has 1 heterocycles. The van der Waals surface area contributed by atoms with E-state index in [-0.39, 0.29) is 6.04 Å². The van der Waals surface area contributed by atoms with Crippen LogP contribution in [-0.2, 0) is 6.42 Å². The molecular weight excluding hydrogens is 438 g/mol. The normalized spacial score (nSPS) is 15.3. The number of benzene rings is 2. The summed E-state index contributed by atoms with van der Waals surface area (Å²) in [6.45, 7) is 4.52. The molecule has 2 aromatic carbocycles. The molecule has 0 aliphatic carbocycles. The van der Waals surface area contributed by atoms with Crippen LogP contribution in [0.3, 0.4) is 0 Å². The minimum atomic E-state index is 0.103. The summed E-state index contributed by atoms with van der Waals surface area (Å²) in [4.78, 5) is 4.96. The van der Waals surface area contributed by atoms with Gasteiger partial charge in [0.15, 0.2) is 23.0 Å². The van der Waals surface area contributed by atoms with Crippen molar-refractivity contribution in [1.29, 1.82) is 0 Å². The van der Waals surface area contributed by atoms with Gasteiger partial charge in [0.25, 0.3) is 0 Å². The Morgan fingerprint density at radius 1 is 0.897 bits per heavy atom. The van der Waals surface area contributed by atoms with Crippen LogP contribution in [0.25, 0.3) is 0 Å². The van der Waals surface area contributed by atoms with Crippen molar-refractivity contribution in [2.24, 2.45) is 4.99 Å². The summed E-state index contributed by atoms with van der Waals surface area (Å²) in [5, 5.41) is 0. The van der Waals surface area contributed by atoms with E-state index in [0.29, 0.717) is 39.8 Å². The van der Waals surface area contributed by atoms with E-state index in [1.807, 2.05) is 25.1 Å². The lowest BCUT2D eigenvalue weighted by Crippen LogP contribution is -2.21. The predicted molar refractivity (Wildman–Crippen MR) is 117 cm³/mol. The van der Waals surface area contributed by atoms with Crippen molar-refractivity contribution in [3.05, 3.63) is 39.4 Å². The van der Waals surface area contributed by atoms with Gasteiger partial charge in [-0.25, -0.2) is 0 Å². The van der Waals surface area contributed by atoms with Gasteiger partial charge in [-0.05, 0) is 60.0 Å². The quantitative estimate of drug-likeness (QED) is 0.597. The summed E-state index contributed by atoms with van der Waals surface area (Å²) in [5.41, 5.74) is 3.74. The lowest BCUT2D eigenvalue weighted by Gasteiger charge is -2.25. The first-order valence-electron chi connectivity index (χ1n) is 9.39. The van der Waals surface area contributed by atoms with Crippen molar-refractivity contribution in [3.63, 3.8) is 0 Å². The van der Waals surface area contributed by atoms with Crippen molar-refractivity contribution in [3.8, 4) is 28.7 Å². The molecule has 1 unspecified atom stereocenters. The highest BCUT2D eigenvalue weighted by Crippen LogP contribution is 2.46. The molecule has 2 aromatic rings. The molecule has 0 saturated carbocycles. The molecule has 1 aliphatic rings. The molecule has 1 atom stereocenters. The fourth-order valence-electron chi connectivity index (χ4n) is 3.57. The Hall–Kier alpha value is -2.41. The third-order valence-corrected chi connectivity index (χ3v) is 5.59. The molecule has 1 aliphatic heterocycles. The molecule has 0 saturated heterocycles. The molecule has 0 radical (unpaired) electrons. The van der Waals surface area contributed by atoms with E-state index in [9.17, 15) is 0 Å². The number of aliphatic imine (C=N–C) groups is 1. The topological polar surface area (TPSA) is 58.5 Å². The SMILES string of the molecule is CCOc1c(C2=NC(C)Cc3cc(OC)c(OC)cc32)cc(OC)c(Br)c1OC. The number of ether oxygens (including phenoxy) is 5. The molecule has 0 amide bonds. The molecule has 0 aromatic heterocycles. The van der Waals surface area contributed by atoms with Gasteiger partial charge in [0.1, 0.15) is 10.2 Å². The standard InChI is InChI=1S/C22H26BrNO5/c1-7-29-21-15(11-18(27-5)19(23)22(21)28-6)20-14-10-17(26-4)16(25-3)9-13(14)8-12(2)24-20/h9-12H,7-8H2,1-6H3. The maximum atomic E-state index is 6.00. The molecular formula is C22H26BrNO5. The van der Waals surface area contributed by atoms with E-state index in [1.165, 1.54) is 0 Å². The van der Waals surface area contributed by atoms with E-state index < -0.39 is 0 Å². The molecule has 29 heavy (non-hydrogen) atoms. The van der Waals surface area contributed by atoms with Crippen LogP contribution in [0.15, 0.2) is 27.7 Å².